The summed E-state index contributed by atoms with van der Waals surface area (Å²) in [5.74, 6) is 0.549. The van der Waals surface area contributed by atoms with E-state index in [0.717, 1.165) is 16.9 Å². The van der Waals surface area contributed by atoms with Crippen LogP contribution in [0.5, 0.6) is 0 Å². The third-order valence-electron chi connectivity index (χ3n) is 2.86. The standard InChI is InChI=1S/C15H16N2O2S/c1-10-5-6-13(11(2)8-10)14(18)17-15(20)16-9-12-4-3-7-19-12/h3-8H,9H2,1-2H3,(H2,16,17,18,20). The first-order chi connectivity index (χ1) is 9.56. The lowest BCUT2D eigenvalue weighted by Crippen LogP contribution is -2.39. The molecule has 1 amide bonds. The zero-order chi connectivity index (χ0) is 14.5. The summed E-state index contributed by atoms with van der Waals surface area (Å²) in [4.78, 5) is 12.1. The summed E-state index contributed by atoms with van der Waals surface area (Å²) in [7, 11) is 0. The van der Waals surface area contributed by atoms with Gasteiger partial charge < -0.3 is 9.73 Å². The number of furan rings is 1. The molecule has 0 fully saturated rings. The molecule has 0 aliphatic rings. The number of hydrogen-bond donors (Lipinski definition) is 2. The highest BCUT2D eigenvalue weighted by atomic mass is 32.1. The molecule has 2 rings (SSSR count). The number of rotatable bonds is 3. The van der Waals surface area contributed by atoms with Gasteiger partial charge >= 0.3 is 0 Å². The van der Waals surface area contributed by atoms with E-state index in [0.29, 0.717) is 12.1 Å². The van der Waals surface area contributed by atoms with Crippen LogP contribution >= 0.6 is 12.2 Å². The lowest BCUT2D eigenvalue weighted by molar-refractivity contribution is 0.0976. The third-order valence-corrected chi connectivity index (χ3v) is 3.10. The molecule has 1 aromatic carbocycles. The molecule has 0 radical (unpaired) electrons. The van der Waals surface area contributed by atoms with E-state index in [1.54, 1.807) is 18.4 Å². The summed E-state index contributed by atoms with van der Waals surface area (Å²) < 4.78 is 5.17. The first-order valence-corrected chi connectivity index (χ1v) is 6.66. The molecular formula is C15H16N2O2S. The fourth-order valence-electron chi connectivity index (χ4n) is 1.86. The van der Waals surface area contributed by atoms with E-state index < -0.39 is 0 Å². The molecule has 0 bridgehead atoms. The van der Waals surface area contributed by atoms with Gasteiger partial charge in [-0.05, 0) is 49.8 Å². The zero-order valence-electron chi connectivity index (χ0n) is 11.4. The molecular weight excluding hydrogens is 272 g/mol. The maximum absolute atomic E-state index is 12.1. The van der Waals surface area contributed by atoms with Crippen molar-refractivity contribution >= 4 is 23.2 Å². The molecule has 2 aromatic rings. The molecule has 0 spiro atoms. The number of aryl methyl sites for hydroxylation is 2. The Kier molecular flexibility index (Phi) is 4.53. The molecule has 20 heavy (non-hydrogen) atoms. The van der Waals surface area contributed by atoms with E-state index >= 15 is 0 Å². The van der Waals surface area contributed by atoms with Crippen molar-refractivity contribution in [1.82, 2.24) is 10.6 Å². The van der Waals surface area contributed by atoms with Gasteiger partial charge in [-0.15, -0.1) is 0 Å². The minimum absolute atomic E-state index is 0.209. The van der Waals surface area contributed by atoms with Gasteiger partial charge in [0.1, 0.15) is 5.76 Å². The molecule has 104 valence electrons. The van der Waals surface area contributed by atoms with Crippen LogP contribution in [0.25, 0.3) is 0 Å². The Hall–Kier alpha value is -2.14. The van der Waals surface area contributed by atoms with Crippen molar-refractivity contribution in [2.75, 3.05) is 0 Å². The lowest BCUT2D eigenvalue weighted by Gasteiger charge is -2.10. The fourth-order valence-corrected chi connectivity index (χ4v) is 2.03. The summed E-state index contributed by atoms with van der Waals surface area (Å²) in [5.41, 5.74) is 2.67. The van der Waals surface area contributed by atoms with Gasteiger partial charge in [0, 0.05) is 5.56 Å². The van der Waals surface area contributed by atoms with Gasteiger partial charge in [-0.1, -0.05) is 17.7 Å². The largest absolute Gasteiger partial charge is 0.467 e. The summed E-state index contributed by atoms with van der Waals surface area (Å²) in [5, 5.41) is 5.86. The van der Waals surface area contributed by atoms with Crippen molar-refractivity contribution < 1.29 is 9.21 Å². The number of nitrogens with one attached hydrogen (secondary N) is 2. The first-order valence-electron chi connectivity index (χ1n) is 6.25. The predicted molar refractivity (Wildman–Crippen MR) is 81.5 cm³/mol. The Morgan fingerprint density at radius 2 is 2.10 bits per heavy atom. The monoisotopic (exact) mass is 288 g/mol. The number of amides is 1. The summed E-state index contributed by atoms with van der Waals surface area (Å²) in [6.07, 6.45) is 1.59. The minimum atomic E-state index is -0.209. The molecule has 1 heterocycles. The summed E-state index contributed by atoms with van der Waals surface area (Å²) >= 11 is 5.09. The van der Waals surface area contributed by atoms with Gasteiger partial charge in [0.25, 0.3) is 5.91 Å². The number of carbonyl (C=O) groups is 1. The van der Waals surface area contributed by atoms with Crippen LogP contribution in [-0.2, 0) is 6.54 Å². The Morgan fingerprint density at radius 3 is 2.75 bits per heavy atom. The normalized spacial score (nSPS) is 10.1. The number of hydrogen-bond acceptors (Lipinski definition) is 3. The van der Waals surface area contributed by atoms with Crippen molar-refractivity contribution in [1.29, 1.82) is 0 Å². The van der Waals surface area contributed by atoms with E-state index in [9.17, 15) is 4.79 Å². The molecule has 1 aromatic heterocycles. The molecule has 0 unspecified atom stereocenters. The second-order valence-electron chi connectivity index (χ2n) is 4.53. The second-order valence-corrected chi connectivity index (χ2v) is 4.94. The van der Waals surface area contributed by atoms with Crippen LogP contribution in [0.2, 0.25) is 0 Å². The average Bonchev–Trinajstić information content (AvgIpc) is 2.89. The first kappa shape index (κ1) is 14.3. The van der Waals surface area contributed by atoms with Crippen LogP contribution in [0, 0.1) is 13.8 Å². The van der Waals surface area contributed by atoms with Crippen molar-refractivity contribution in [3.8, 4) is 0 Å². The topological polar surface area (TPSA) is 54.3 Å². The maximum Gasteiger partial charge on any atom is 0.257 e. The smallest absolute Gasteiger partial charge is 0.257 e. The van der Waals surface area contributed by atoms with Gasteiger partial charge in [-0.2, -0.15) is 0 Å². The Morgan fingerprint density at radius 1 is 1.30 bits per heavy atom. The van der Waals surface area contributed by atoms with Crippen molar-refractivity contribution in [3.63, 3.8) is 0 Å². The maximum atomic E-state index is 12.1. The molecule has 2 N–H and O–H groups in total. The Balaban J connectivity index is 1.92. The van der Waals surface area contributed by atoms with Crippen LogP contribution in [0.1, 0.15) is 27.2 Å². The molecule has 0 atom stereocenters. The molecule has 0 saturated heterocycles. The number of thiocarbonyl (C=S) groups is 1. The molecule has 4 nitrogen and oxygen atoms in total. The van der Waals surface area contributed by atoms with E-state index in [4.69, 9.17) is 16.6 Å². The zero-order valence-corrected chi connectivity index (χ0v) is 12.2. The van der Waals surface area contributed by atoms with E-state index in [-0.39, 0.29) is 11.0 Å². The van der Waals surface area contributed by atoms with Crippen LogP contribution in [0.4, 0.5) is 0 Å². The highest BCUT2D eigenvalue weighted by molar-refractivity contribution is 7.80. The van der Waals surface area contributed by atoms with Crippen LogP contribution < -0.4 is 10.6 Å². The van der Waals surface area contributed by atoms with Crippen LogP contribution in [-0.4, -0.2) is 11.0 Å². The predicted octanol–water partition coefficient (Wildman–Crippen LogP) is 2.70. The van der Waals surface area contributed by atoms with E-state index in [1.165, 1.54) is 0 Å². The summed E-state index contributed by atoms with van der Waals surface area (Å²) in [6, 6.07) is 9.31. The Bertz CT molecular complexity index is 621. The van der Waals surface area contributed by atoms with Crippen LogP contribution in [0.3, 0.4) is 0 Å². The number of benzene rings is 1. The molecule has 5 heteroatoms. The quantitative estimate of drug-likeness (QED) is 0.853. The number of carbonyl (C=O) groups excluding carboxylic acids is 1. The van der Waals surface area contributed by atoms with Crippen LogP contribution in [0.15, 0.2) is 41.0 Å². The average molecular weight is 288 g/mol. The van der Waals surface area contributed by atoms with Gasteiger partial charge in [0.15, 0.2) is 5.11 Å². The van der Waals surface area contributed by atoms with E-state index in [2.05, 4.69) is 10.6 Å². The van der Waals surface area contributed by atoms with Crippen molar-refractivity contribution in [2.45, 2.75) is 20.4 Å². The highest BCUT2D eigenvalue weighted by Crippen LogP contribution is 2.10. The molecule has 0 aliphatic heterocycles. The highest BCUT2D eigenvalue weighted by Gasteiger charge is 2.10. The lowest BCUT2D eigenvalue weighted by atomic mass is 10.1. The Labute approximate surface area is 123 Å². The third kappa shape index (κ3) is 3.68. The van der Waals surface area contributed by atoms with Gasteiger partial charge in [0.05, 0.1) is 12.8 Å². The fraction of sp³-hybridized carbons (Fsp3) is 0.200. The van der Waals surface area contributed by atoms with Crippen molar-refractivity contribution in [3.05, 3.63) is 59.0 Å². The molecule has 0 aliphatic carbocycles. The van der Waals surface area contributed by atoms with Crippen molar-refractivity contribution in [2.24, 2.45) is 0 Å². The SMILES string of the molecule is Cc1ccc(C(=O)NC(=S)NCc2ccco2)c(C)c1. The minimum Gasteiger partial charge on any atom is -0.467 e. The van der Waals surface area contributed by atoms with Gasteiger partial charge in [-0.3, -0.25) is 10.1 Å². The summed E-state index contributed by atoms with van der Waals surface area (Å²) in [6.45, 7) is 4.34. The van der Waals surface area contributed by atoms with E-state index in [1.807, 2.05) is 32.0 Å². The second kappa shape index (κ2) is 6.34. The van der Waals surface area contributed by atoms with Gasteiger partial charge in [0.2, 0.25) is 0 Å². The van der Waals surface area contributed by atoms with Gasteiger partial charge in [-0.25, -0.2) is 0 Å². The molecule has 0 saturated carbocycles.